The van der Waals surface area contributed by atoms with Gasteiger partial charge >= 0.3 is 0 Å². The molecular formula is C17H19Cl2N3O3S. The van der Waals surface area contributed by atoms with Crippen LogP contribution in [0.15, 0.2) is 29.3 Å². The molecule has 140 valence electrons. The third-order valence-corrected chi connectivity index (χ3v) is 6.77. The Kier molecular flexibility index (Phi) is 6.29. The molecule has 26 heavy (non-hydrogen) atoms. The maximum Gasteiger partial charge on any atom is 0.245 e. The zero-order valence-electron chi connectivity index (χ0n) is 14.8. The lowest BCUT2D eigenvalue weighted by atomic mass is 10.2. The van der Waals surface area contributed by atoms with E-state index in [0.717, 1.165) is 9.87 Å². The number of aromatic nitrogens is 1. The van der Waals surface area contributed by atoms with Gasteiger partial charge in [-0.1, -0.05) is 29.3 Å². The molecule has 1 N–H and O–H groups in total. The molecule has 1 aromatic carbocycles. The van der Waals surface area contributed by atoms with Crippen LogP contribution in [0.2, 0.25) is 10.0 Å². The Labute approximate surface area is 163 Å². The lowest BCUT2D eigenvalue weighted by molar-refractivity contribution is -0.116. The number of likely N-dealkylation sites (N-methyl/N-ethyl adjacent to an activating group) is 1. The van der Waals surface area contributed by atoms with E-state index < -0.39 is 15.9 Å². The normalized spacial score (nSPS) is 11.7. The SMILES string of the molecule is Cc1ccc(NC(=O)CN(C)S(=O)(=O)c2c(C)c(Cl)cc(C)c2Cl)nc1. The van der Waals surface area contributed by atoms with Crippen molar-refractivity contribution < 1.29 is 13.2 Å². The van der Waals surface area contributed by atoms with Gasteiger partial charge in [-0.15, -0.1) is 0 Å². The van der Waals surface area contributed by atoms with Crippen molar-refractivity contribution in [2.75, 3.05) is 18.9 Å². The van der Waals surface area contributed by atoms with Gasteiger partial charge in [-0.3, -0.25) is 4.79 Å². The Morgan fingerprint density at radius 2 is 1.88 bits per heavy atom. The van der Waals surface area contributed by atoms with Gasteiger partial charge in [0.2, 0.25) is 15.9 Å². The fourth-order valence-electron chi connectivity index (χ4n) is 2.29. The van der Waals surface area contributed by atoms with E-state index >= 15 is 0 Å². The van der Waals surface area contributed by atoms with Crippen LogP contribution < -0.4 is 5.32 Å². The van der Waals surface area contributed by atoms with Crippen molar-refractivity contribution in [3.05, 3.63) is 51.1 Å². The number of hydrogen-bond donors (Lipinski definition) is 1. The van der Waals surface area contributed by atoms with Crippen molar-refractivity contribution in [3.8, 4) is 0 Å². The number of pyridine rings is 1. The van der Waals surface area contributed by atoms with E-state index in [4.69, 9.17) is 23.2 Å². The molecule has 0 bridgehead atoms. The lowest BCUT2D eigenvalue weighted by Crippen LogP contribution is -2.35. The van der Waals surface area contributed by atoms with E-state index in [9.17, 15) is 13.2 Å². The molecule has 0 unspecified atom stereocenters. The molecule has 1 heterocycles. The van der Waals surface area contributed by atoms with Crippen LogP contribution in [0.25, 0.3) is 0 Å². The van der Waals surface area contributed by atoms with Crippen LogP contribution in [0.3, 0.4) is 0 Å². The molecule has 1 amide bonds. The zero-order chi connectivity index (χ0) is 19.6. The number of benzene rings is 1. The van der Waals surface area contributed by atoms with E-state index in [1.165, 1.54) is 7.05 Å². The smallest absolute Gasteiger partial charge is 0.245 e. The summed E-state index contributed by atoms with van der Waals surface area (Å²) in [5.74, 6) is -0.167. The lowest BCUT2D eigenvalue weighted by Gasteiger charge is -2.20. The molecule has 0 aliphatic rings. The number of halogens is 2. The molecule has 0 spiro atoms. The van der Waals surface area contributed by atoms with Gasteiger partial charge in [-0.2, -0.15) is 4.31 Å². The molecular weight excluding hydrogens is 397 g/mol. The molecule has 0 fully saturated rings. The van der Waals surface area contributed by atoms with Crippen molar-refractivity contribution in [1.29, 1.82) is 0 Å². The summed E-state index contributed by atoms with van der Waals surface area (Å²) in [6, 6.07) is 5.04. The first kappa shape index (κ1) is 20.6. The molecule has 0 radical (unpaired) electrons. The number of hydrogen-bond acceptors (Lipinski definition) is 4. The fraction of sp³-hybridized carbons (Fsp3) is 0.294. The van der Waals surface area contributed by atoms with Crippen LogP contribution in [0, 0.1) is 20.8 Å². The van der Waals surface area contributed by atoms with Gasteiger partial charge in [-0.05, 0) is 49.6 Å². The third-order valence-electron chi connectivity index (χ3n) is 3.80. The number of carbonyl (C=O) groups is 1. The molecule has 2 aromatic rings. The highest BCUT2D eigenvalue weighted by Gasteiger charge is 2.29. The number of rotatable bonds is 5. The Balaban J connectivity index is 2.24. The fourth-order valence-corrected chi connectivity index (χ4v) is 4.57. The number of aryl methyl sites for hydroxylation is 2. The van der Waals surface area contributed by atoms with Gasteiger partial charge in [0.05, 0.1) is 11.6 Å². The highest BCUT2D eigenvalue weighted by Crippen LogP contribution is 2.34. The molecule has 0 saturated heterocycles. The molecule has 0 aliphatic carbocycles. The minimum Gasteiger partial charge on any atom is -0.310 e. The van der Waals surface area contributed by atoms with Crippen LogP contribution in [0.4, 0.5) is 5.82 Å². The summed E-state index contributed by atoms with van der Waals surface area (Å²) in [5.41, 5.74) is 1.83. The minimum atomic E-state index is -4.00. The second-order valence-corrected chi connectivity index (χ2v) is 8.74. The van der Waals surface area contributed by atoms with Crippen molar-refractivity contribution in [3.63, 3.8) is 0 Å². The van der Waals surface area contributed by atoms with Crippen LogP contribution in [-0.4, -0.2) is 37.2 Å². The number of nitrogens with zero attached hydrogens (tertiary/aromatic N) is 2. The first-order chi connectivity index (χ1) is 12.0. The van der Waals surface area contributed by atoms with Crippen LogP contribution in [0.1, 0.15) is 16.7 Å². The largest absolute Gasteiger partial charge is 0.310 e. The highest BCUT2D eigenvalue weighted by molar-refractivity contribution is 7.89. The summed E-state index contributed by atoms with van der Waals surface area (Å²) in [4.78, 5) is 16.1. The average molecular weight is 416 g/mol. The average Bonchev–Trinajstić information content (AvgIpc) is 2.55. The number of carbonyl (C=O) groups excluding carboxylic acids is 1. The van der Waals surface area contributed by atoms with Crippen LogP contribution >= 0.6 is 23.2 Å². The predicted octanol–water partition coefficient (Wildman–Crippen LogP) is 3.57. The Morgan fingerprint density at radius 3 is 2.46 bits per heavy atom. The topological polar surface area (TPSA) is 79.4 Å². The first-order valence-corrected chi connectivity index (χ1v) is 9.87. The number of nitrogens with one attached hydrogen (secondary N) is 1. The molecule has 0 aliphatic heterocycles. The summed E-state index contributed by atoms with van der Waals surface area (Å²) in [5, 5.41) is 2.96. The highest BCUT2D eigenvalue weighted by atomic mass is 35.5. The van der Waals surface area contributed by atoms with E-state index in [-0.39, 0.29) is 16.5 Å². The monoisotopic (exact) mass is 415 g/mol. The second-order valence-electron chi connectivity index (χ2n) is 5.97. The van der Waals surface area contributed by atoms with Gasteiger partial charge in [-0.25, -0.2) is 13.4 Å². The zero-order valence-corrected chi connectivity index (χ0v) is 17.1. The summed E-state index contributed by atoms with van der Waals surface area (Å²) < 4.78 is 26.7. The molecule has 1 aromatic heterocycles. The van der Waals surface area contributed by atoms with Gasteiger partial charge in [0.1, 0.15) is 10.7 Å². The quantitative estimate of drug-likeness (QED) is 0.808. The number of anilines is 1. The molecule has 6 nitrogen and oxygen atoms in total. The first-order valence-electron chi connectivity index (χ1n) is 7.68. The molecule has 9 heteroatoms. The Bertz CT molecular complexity index is 918. The number of sulfonamides is 1. The Morgan fingerprint density at radius 1 is 1.23 bits per heavy atom. The van der Waals surface area contributed by atoms with E-state index in [1.54, 1.807) is 38.2 Å². The van der Waals surface area contributed by atoms with Crippen molar-refractivity contribution >= 4 is 45.0 Å². The van der Waals surface area contributed by atoms with Gasteiger partial charge in [0.15, 0.2) is 0 Å². The summed E-state index contributed by atoms with van der Waals surface area (Å²) in [6.45, 7) is 4.73. The second kappa shape index (κ2) is 7.92. The van der Waals surface area contributed by atoms with Crippen molar-refractivity contribution in [2.45, 2.75) is 25.7 Å². The third kappa shape index (κ3) is 4.35. The Hall–Kier alpha value is -1.67. The summed E-state index contributed by atoms with van der Waals surface area (Å²) >= 11 is 12.3. The van der Waals surface area contributed by atoms with E-state index in [1.807, 2.05) is 6.92 Å². The molecule has 2 rings (SSSR count). The maximum atomic E-state index is 12.9. The van der Waals surface area contributed by atoms with Gasteiger partial charge < -0.3 is 5.32 Å². The van der Waals surface area contributed by atoms with Gasteiger partial charge in [0.25, 0.3) is 0 Å². The summed E-state index contributed by atoms with van der Waals surface area (Å²) in [7, 11) is -2.69. The molecule has 0 atom stereocenters. The summed E-state index contributed by atoms with van der Waals surface area (Å²) in [6.07, 6.45) is 1.61. The van der Waals surface area contributed by atoms with E-state index in [0.29, 0.717) is 22.0 Å². The maximum absolute atomic E-state index is 12.9. The minimum absolute atomic E-state index is 0.0899. The number of amides is 1. The predicted molar refractivity (Wildman–Crippen MR) is 103 cm³/mol. The standard InChI is InChI=1S/C17H19Cl2N3O3S/c1-10-5-6-14(20-8-10)21-15(23)9-22(4)26(24,25)17-12(3)13(18)7-11(2)16(17)19/h5-8H,9H2,1-4H3,(H,20,21,23). The van der Waals surface area contributed by atoms with Crippen molar-refractivity contribution in [1.82, 2.24) is 9.29 Å². The van der Waals surface area contributed by atoms with Crippen molar-refractivity contribution in [2.24, 2.45) is 0 Å². The van der Waals surface area contributed by atoms with Gasteiger partial charge in [0, 0.05) is 18.3 Å². The van der Waals surface area contributed by atoms with E-state index in [2.05, 4.69) is 10.3 Å². The van der Waals surface area contributed by atoms with Crippen LogP contribution in [-0.2, 0) is 14.8 Å². The molecule has 0 saturated carbocycles. The van der Waals surface area contributed by atoms with Crippen LogP contribution in [0.5, 0.6) is 0 Å².